The highest BCUT2D eigenvalue weighted by Crippen LogP contribution is 2.22. The fourth-order valence-electron chi connectivity index (χ4n) is 3.52. The molecule has 7 nitrogen and oxygen atoms in total. The minimum absolute atomic E-state index is 0.0411. The fourth-order valence-corrected chi connectivity index (χ4v) is 3.52. The average molecular weight is 356 g/mol. The van der Waals surface area contributed by atoms with Gasteiger partial charge in [-0.2, -0.15) is 0 Å². The number of hydrogen-bond donors (Lipinski definition) is 1. The van der Waals surface area contributed by atoms with Crippen molar-refractivity contribution < 1.29 is 14.7 Å². The van der Waals surface area contributed by atoms with Crippen LogP contribution >= 0.6 is 0 Å². The van der Waals surface area contributed by atoms with E-state index >= 15 is 0 Å². The summed E-state index contributed by atoms with van der Waals surface area (Å²) in [4.78, 5) is 25.4. The monoisotopic (exact) mass is 356 g/mol. The van der Waals surface area contributed by atoms with E-state index in [0.29, 0.717) is 25.8 Å². The summed E-state index contributed by atoms with van der Waals surface area (Å²) >= 11 is 0. The van der Waals surface area contributed by atoms with Crippen LogP contribution in [0.4, 0.5) is 0 Å². The summed E-state index contributed by atoms with van der Waals surface area (Å²) in [6.07, 6.45) is 6.08. The summed E-state index contributed by atoms with van der Waals surface area (Å²) in [5, 5.41) is 17.0. The van der Waals surface area contributed by atoms with E-state index < -0.39 is 5.97 Å². The molecule has 138 valence electrons. The van der Waals surface area contributed by atoms with Gasteiger partial charge < -0.3 is 10.0 Å². The second-order valence-corrected chi connectivity index (χ2v) is 6.62. The van der Waals surface area contributed by atoms with E-state index in [1.807, 2.05) is 39.8 Å². The second kappa shape index (κ2) is 8.60. The summed E-state index contributed by atoms with van der Waals surface area (Å²) in [6.45, 7) is 0.717. The van der Waals surface area contributed by atoms with Crippen LogP contribution in [0.1, 0.15) is 44.3 Å². The SMILES string of the molecule is O=C(O)CC[C@@H]1CCCCN1C(=O)CCc1nncn1-c1ccccc1. The molecule has 26 heavy (non-hydrogen) atoms. The van der Waals surface area contributed by atoms with Gasteiger partial charge in [-0.05, 0) is 37.8 Å². The molecule has 3 rings (SSSR count). The highest BCUT2D eigenvalue weighted by atomic mass is 16.4. The Morgan fingerprint density at radius 1 is 1.15 bits per heavy atom. The third-order valence-electron chi connectivity index (χ3n) is 4.85. The molecule has 0 radical (unpaired) electrons. The van der Waals surface area contributed by atoms with Gasteiger partial charge in [0.15, 0.2) is 0 Å². The summed E-state index contributed by atoms with van der Waals surface area (Å²) < 4.78 is 1.89. The van der Waals surface area contributed by atoms with Crippen molar-refractivity contribution in [3.63, 3.8) is 0 Å². The van der Waals surface area contributed by atoms with Crippen molar-refractivity contribution in [2.75, 3.05) is 6.54 Å². The van der Waals surface area contributed by atoms with Crippen molar-refractivity contribution in [1.29, 1.82) is 0 Å². The van der Waals surface area contributed by atoms with Crippen LogP contribution in [0.2, 0.25) is 0 Å². The Balaban J connectivity index is 1.61. The topological polar surface area (TPSA) is 88.3 Å². The zero-order valence-electron chi connectivity index (χ0n) is 14.8. The largest absolute Gasteiger partial charge is 0.481 e. The highest BCUT2D eigenvalue weighted by Gasteiger charge is 2.27. The molecule has 2 heterocycles. The summed E-state index contributed by atoms with van der Waals surface area (Å²) in [7, 11) is 0. The standard InChI is InChI=1S/C19H24N4O3/c24-18(22-13-5-4-8-16(22)9-12-19(25)26)11-10-17-21-20-14-23(17)15-6-2-1-3-7-15/h1-3,6-7,14,16H,4-5,8-13H2,(H,25,26)/t16-/m0/s1. The van der Waals surface area contributed by atoms with Gasteiger partial charge in [-0.25, -0.2) is 0 Å². The zero-order chi connectivity index (χ0) is 18.4. The van der Waals surface area contributed by atoms with Gasteiger partial charge in [0, 0.05) is 37.5 Å². The number of carbonyl (C=O) groups is 2. The Hall–Kier alpha value is -2.70. The number of likely N-dealkylation sites (tertiary alicyclic amines) is 1. The first-order valence-corrected chi connectivity index (χ1v) is 9.10. The lowest BCUT2D eigenvalue weighted by molar-refractivity contribution is -0.140. The van der Waals surface area contributed by atoms with E-state index in [2.05, 4.69) is 10.2 Å². The fraction of sp³-hybridized carbons (Fsp3) is 0.474. The van der Waals surface area contributed by atoms with Crippen molar-refractivity contribution in [3.8, 4) is 5.69 Å². The Morgan fingerprint density at radius 3 is 2.73 bits per heavy atom. The maximum atomic E-state index is 12.7. The predicted molar refractivity (Wildman–Crippen MR) is 95.9 cm³/mol. The Kier molecular flexibility index (Phi) is 5.99. The first kappa shape index (κ1) is 18.1. The number of para-hydroxylation sites is 1. The third-order valence-corrected chi connectivity index (χ3v) is 4.85. The number of aromatic nitrogens is 3. The highest BCUT2D eigenvalue weighted by molar-refractivity contribution is 5.77. The second-order valence-electron chi connectivity index (χ2n) is 6.62. The first-order valence-electron chi connectivity index (χ1n) is 9.10. The Bertz CT molecular complexity index is 744. The van der Waals surface area contributed by atoms with Crippen molar-refractivity contribution in [2.24, 2.45) is 0 Å². The average Bonchev–Trinajstić information content (AvgIpc) is 3.14. The van der Waals surface area contributed by atoms with Crippen LogP contribution in [0.3, 0.4) is 0 Å². The van der Waals surface area contributed by atoms with Crippen molar-refractivity contribution >= 4 is 11.9 Å². The molecule has 0 spiro atoms. The first-order chi connectivity index (χ1) is 12.6. The van der Waals surface area contributed by atoms with Gasteiger partial charge >= 0.3 is 5.97 Å². The number of nitrogens with zero attached hydrogens (tertiary/aromatic N) is 4. The summed E-state index contributed by atoms with van der Waals surface area (Å²) in [5.41, 5.74) is 0.970. The molecule has 7 heteroatoms. The van der Waals surface area contributed by atoms with E-state index in [0.717, 1.165) is 30.8 Å². The molecule has 2 aromatic rings. The van der Waals surface area contributed by atoms with Crippen molar-refractivity contribution in [2.45, 2.75) is 51.0 Å². The van der Waals surface area contributed by atoms with E-state index in [-0.39, 0.29) is 18.4 Å². The molecule has 1 atom stereocenters. The molecular weight excluding hydrogens is 332 g/mol. The van der Waals surface area contributed by atoms with Crippen LogP contribution in [0.25, 0.3) is 5.69 Å². The molecule has 1 aliphatic rings. The van der Waals surface area contributed by atoms with Crippen LogP contribution in [0, 0.1) is 0 Å². The number of amides is 1. The lowest BCUT2D eigenvalue weighted by atomic mass is 9.97. The number of carboxylic acid groups (broad SMARTS) is 1. The molecule has 1 fully saturated rings. The van der Waals surface area contributed by atoms with E-state index in [1.54, 1.807) is 6.33 Å². The van der Waals surface area contributed by atoms with Gasteiger partial charge in [-0.1, -0.05) is 18.2 Å². The number of aliphatic carboxylic acids is 1. The molecule has 1 saturated heterocycles. The minimum Gasteiger partial charge on any atom is -0.481 e. The summed E-state index contributed by atoms with van der Waals surface area (Å²) in [5.74, 6) is 0.0188. The molecule has 1 amide bonds. The van der Waals surface area contributed by atoms with Crippen LogP contribution in [-0.4, -0.2) is 49.2 Å². The molecule has 1 aromatic carbocycles. The molecular formula is C19H24N4O3. The smallest absolute Gasteiger partial charge is 0.303 e. The Labute approximate surface area is 152 Å². The number of aryl methyl sites for hydroxylation is 1. The predicted octanol–water partition coefficient (Wildman–Crippen LogP) is 2.45. The molecule has 0 aliphatic carbocycles. The number of benzene rings is 1. The van der Waals surface area contributed by atoms with Gasteiger partial charge in [-0.3, -0.25) is 14.2 Å². The maximum absolute atomic E-state index is 12.7. The van der Waals surface area contributed by atoms with Crippen LogP contribution in [-0.2, 0) is 16.0 Å². The van der Waals surface area contributed by atoms with E-state index in [1.165, 1.54) is 0 Å². The molecule has 0 unspecified atom stereocenters. The third kappa shape index (κ3) is 4.47. The molecule has 1 aromatic heterocycles. The lowest BCUT2D eigenvalue weighted by Gasteiger charge is -2.35. The van der Waals surface area contributed by atoms with Crippen molar-refractivity contribution in [3.05, 3.63) is 42.5 Å². The normalized spacial score (nSPS) is 17.2. The van der Waals surface area contributed by atoms with Gasteiger partial charge in [0.25, 0.3) is 0 Å². The molecule has 0 bridgehead atoms. The van der Waals surface area contributed by atoms with Gasteiger partial charge in [0.2, 0.25) is 5.91 Å². The molecule has 1 N–H and O–H groups in total. The summed E-state index contributed by atoms with van der Waals surface area (Å²) in [6, 6.07) is 9.84. The number of rotatable bonds is 7. The molecule has 0 saturated carbocycles. The number of carboxylic acids is 1. The molecule has 1 aliphatic heterocycles. The number of piperidine rings is 1. The van der Waals surface area contributed by atoms with Gasteiger partial charge in [0.05, 0.1) is 0 Å². The maximum Gasteiger partial charge on any atom is 0.303 e. The van der Waals surface area contributed by atoms with Crippen LogP contribution in [0.15, 0.2) is 36.7 Å². The number of carbonyl (C=O) groups excluding carboxylic acids is 1. The van der Waals surface area contributed by atoms with Crippen LogP contribution < -0.4 is 0 Å². The van der Waals surface area contributed by atoms with Crippen molar-refractivity contribution in [1.82, 2.24) is 19.7 Å². The van der Waals surface area contributed by atoms with E-state index in [9.17, 15) is 9.59 Å². The minimum atomic E-state index is -0.807. The quantitative estimate of drug-likeness (QED) is 0.823. The van der Waals surface area contributed by atoms with E-state index in [4.69, 9.17) is 5.11 Å². The van der Waals surface area contributed by atoms with Gasteiger partial charge in [-0.15, -0.1) is 10.2 Å². The number of hydrogen-bond acceptors (Lipinski definition) is 4. The Morgan fingerprint density at radius 2 is 1.96 bits per heavy atom. The van der Waals surface area contributed by atoms with Crippen LogP contribution in [0.5, 0.6) is 0 Å². The van der Waals surface area contributed by atoms with Gasteiger partial charge in [0.1, 0.15) is 12.2 Å². The zero-order valence-corrected chi connectivity index (χ0v) is 14.8. The lowest BCUT2D eigenvalue weighted by Crippen LogP contribution is -2.44.